The van der Waals surface area contributed by atoms with E-state index in [-0.39, 0.29) is 0 Å². The normalized spacial score (nSPS) is 15.0. The van der Waals surface area contributed by atoms with Gasteiger partial charge in [-0.1, -0.05) is 6.42 Å². The third-order valence-corrected chi connectivity index (χ3v) is 5.31. The molecule has 1 aliphatic heterocycles. The fourth-order valence-corrected chi connectivity index (χ4v) is 3.84. The summed E-state index contributed by atoms with van der Waals surface area (Å²) >= 11 is 1.72. The first-order valence-electron chi connectivity index (χ1n) is 8.45. The molecule has 3 heterocycles. The van der Waals surface area contributed by atoms with Gasteiger partial charge >= 0.3 is 0 Å². The quantitative estimate of drug-likeness (QED) is 0.653. The maximum Gasteiger partial charge on any atom is 0.191 e. The molecule has 0 atom stereocenters. The molecule has 0 amide bonds. The van der Waals surface area contributed by atoms with Crippen LogP contribution < -0.4 is 10.6 Å². The number of aliphatic imine (C=N–C) groups is 1. The molecule has 2 aromatic heterocycles. The second kappa shape index (κ2) is 7.74. The number of hydrogen-bond donors (Lipinski definition) is 2. The molecule has 0 spiro atoms. The Morgan fingerprint density at radius 1 is 1.17 bits per heavy atom. The molecule has 2 N–H and O–H groups in total. The van der Waals surface area contributed by atoms with Gasteiger partial charge in [0.15, 0.2) is 11.8 Å². The van der Waals surface area contributed by atoms with Crippen LogP contribution in [0.2, 0.25) is 0 Å². The van der Waals surface area contributed by atoms with E-state index in [1.54, 1.807) is 18.4 Å². The van der Waals surface area contributed by atoms with Crippen LogP contribution in [0.4, 0.5) is 0 Å². The van der Waals surface area contributed by atoms with E-state index in [0.29, 0.717) is 6.54 Å². The highest BCUT2D eigenvalue weighted by Crippen LogP contribution is 2.16. The standard InChI is InChI=1S/C16H25N7S/c1-11-13(24-12(2)20-11)9-18-16(17-3)19-10-15-22-21-14-7-5-4-6-8-23(14)15/h4-10H2,1-3H3,(H2,17,18,19). The molecule has 0 saturated carbocycles. The van der Waals surface area contributed by atoms with Gasteiger partial charge in [0.25, 0.3) is 0 Å². The van der Waals surface area contributed by atoms with Crippen LogP contribution in [0.25, 0.3) is 0 Å². The summed E-state index contributed by atoms with van der Waals surface area (Å²) in [6.07, 6.45) is 4.72. The molecule has 8 heteroatoms. The van der Waals surface area contributed by atoms with Crippen molar-refractivity contribution in [3.05, 3.63) is 27.2 Å². The van der Waals surface area contributed by atoms with Crippen molar-refractivity contribution in [2.24, 2.45) is 4.99 Å². The second-order valence-corrected chi connectivity index (χ2v) is 7.30. The maximum atomic E-state index is 4.46. The number of nitrogens with zero attached hydrogens (tertiary/aromatic N) is 5. The summed E-state index contributed by atoms with van der Waals surface area (Å²) in [4.78, 5) is 9.99. The first kappa shape index (κ1) is 16.9. The molecule has 0 aromatic carbocycles. The fourth-order valence-electron chi connectivity index (χ4n) is 2.96. The zero-order valence-corrected chi connectivity index (χ0v) is 15.4. The number of aromatic nitrogens is 4. The van der Waals surface area contributed by atoms with Gasteiger partial charge in [-0.05, 0) is 26.7 Å². The number of fused-ring (bicyclic) bond motifs is 1. The van der Waals surface area contributed by atoms with Crippen molar-refractivity contribution in [1.29, 1.82) is 0 Å². The van der Waals surface area contributed by atoms with Crippen LogP contribution in [0.1, 0.15) is 46.5 Å². The number of rotatable bonds is 4. The summed E-state index contributed by atoms with van der Waals surface area (Å²) in [5.74, 6) is 2.87. The molecule has 2 aromatic rings. The van der Waals surface area contributed by atoms with Gasteiger partial charge in [-0.3, -0.25) is 4.99 Å². The summed E-state index contributed by atoms with van der Waals surface area (Å²) in [6.45, 7) is 6.46. The van der Waals surface area contributed by atoms with Crippen molar-refractivity contribution in [1.82, 2.24) is 30.4 Å². The first-order chi connectivity index (χ1) is 11.7. The van der Waals surface area contributed by atoms with Crippen molar-refractivity contribution >= 4 is 17.3 Å². The summed E-state index contributed by atoms with van der Waals surface area (Å²) < 4.78 is 2.25. The Balaban J connectivity index is 1.57. The van der Waals surface area contributed by atoms with E-state index in [0.717, 1.165) is 47.8 Å². The second-order valence-electron chi connectivity index (χ2n) is 6.02. The van der Waals surface area contributed by atoms with E-state index in [9.17, 15) is 0 Å². The van der Waals surface area contributed by atoms with Crippen molar-refractivity contribution in [2.45, 2.75) is 59.2 Å². The predicted molar refractivity (Wildman–Crippen MR) is 96.2 cm³/mol. The Labute approximate surface area is 146 Å². The van der Waals surface area contributed by atoms with Gasteiger partial charge in [0.05, 0.1) is 23.8 Å². The van der Waals surface area contributed by atoms with E-state index in [1.165, 1.54) is 24.1 Å². The number of nitrogens with one attached hydrogen (secondary N) is 2. The Morgan fingerprint density at radius 3 is 2.75 bits per heavy atom. The topological polar surface area (TPSA) is 80.0 Å². The highest BCUT2D eigenvalue weighted by atomic mass is 32.1. The monoisotopic (exact) mass is 347 g/mol. The van der Waals surface area contributed by atoms with E-state index in [1.807, 2.05) is 13.8 Å². The van der Waals surface area contributed by atoms with Gasteiger partial charge in [0.1, 0.15) is 5.82 Å². The number of aryl methyl sites for hydroxylation is 3. The van der Waals surface area contributed by atoms with Gasteiger partial charge in [-0.25, -0.2) is 4.98 Å². The molecule has 7 nitrogen and oxygen atoms in total. The highest BCUT2D eigenvalue weighted by Gasteiger charge is 2.14. The summed E-state index contributed by atoms with van der Waals surface area (Å²) in [6, 6.07) is 0. The van der Waals surface area contributed by atoms with Gasteiger partial charge in [-0.2, -0.15) is 0 Å². The molecule has 130 valence electrons. The summed E-state index contributed by atoms with van der Waals surface area (Å²) in [5, 5.41) is 16.5. The average Bonchev–Trinajstić information content (AvgIpc) is 3.00. The minimum absolute atomic E-state index is 0.632. The molecular formula is C16H25N7S. The molecule has 0 radical (unpaired) electrons. The molecule has 0 bridgehead atoms. The van der Waals surface area contributed by atoms with Crippen LogP contribution in [0.3, 0.4) is 0 Å². The molecule has 1 aliphatic rings. The van der Waals surface area contributed by atoms with Crippen LogP contribution in [-0.2, 0) is 26.1 Å². The largest absolute Gasteiger partial charge is 0.351 e. The van der Waals surface area contributed by atoms with Gasteiger partial charge < -0.3 is 15.2 Å². The van der Waals surface area contributed by atoms with Gasteiger partial charge in [0.2, 0.25) is 0 Å². The molecule has 0 aliphatic carbocycles. The predicted octanol–water partition coefficient (Wildman–Crippen LogP) is 1.94. The van der Waals surface area contributed by atoms with Crippen LogP contribution in [-0.4, -0.2) is 32.8 Å². The van der Waals surface area contributed by atoms with E-state index >= 15 is 0 Å². The Kier molecular flexibility index (Phi) is 5.44. The zero-order chi connectivity index (χ0) is 16.9. The Morgan fingerprint density at radius 2 is 2.00 bits per heavy atom. The lowest BCUT2D eigenvalue weighted by molar-refractivity contribution is 0.596. The van der Waals surface area contributed by atoms with Crippen molar-refractivity contribution in [2.75, 3.05) is 7.05 Å². The maximum absolute atomic E-state index is 4.46. The van der Waals surface area contributed by atoms with Crippen LogP contribution in [0, 0.1) is 13.8 Å². The summed E-state index contributed by atoms with van der Waals surface area (Å²) in [7, 11) is 1.78. The lowest BCUT2D eigenvalue weighted by atomic mass is 10.2. The lowest BCUT2D eigenvalue weighted by Gasteiger charge is -2.12. The third-order valence-electron chi connectivity index (χ3n) is 4.24. The number of hydrogen-bond acceptors (Lipinski definition) is 5. The average molecular weight is 347 g/mol. The van der Waals surface area contributed by atoms with Crippen molar-refractivity contribution in [3.63, 3.8) is 0 Å². The van der Waals surface area contributed by atoms with E-state index < -0.39 is 0 Å². The lowest BCUT2D eigenvalue weighted by Crippen LogP contribution is -2.37. The zero-order valence-electron chi connectivity index (χ0n) is 14.6. The van der Waals surface area contributed by atoms with Crippen molar-refractivity contribution in [3.8, 4) is 0 Å². The molecule has 24 heavy (non-hydrogen) atoms. The van der Waals surface area contributed by atoms with E-state index in [2.05, 4.69) is 35.4 Å². The Hall–Kier alpha value is -1.96. The number of guanidine groups is 1. The van der Waals surface area contributed by atoms with E-state index in [4.69, 9.17) is 0 Å². The molecule has 0 saturated heterocycles. The molecule has 0 fully saturated rings. The van der Waals surface area contributed by atoms with Crippen LogP contribution in [0.5, 0.6) is 0 Å². The van der Waals surface area contributed by atoms with Crippen molar-refractivity contribution < 1.29 is 0 Å². The minimum Gasteiger partial charge on any atom is -0.351 e. The first-order valence-corrected chi connectivity index (χ1v) is 9.27. The fraction of sp³-hybridized carbons (Fsp3) is 0.625. The molecule has 3 rings (SSSR count). The minimum atomic E-state index is 0.632. The number of thiazole rings is 1. The highest BCUT2D eigenvalue weighted by molar-refractivity contribution is 7.11. The molecule has 0 unspecified atom stereocenters. The Bertz CT molecular complexity index is 716. The molecular weight excluding hydrogens is 322 g/mol. The van der Waals surface area contributed by atoms with Crippen LogP contribution >= 0.6 is 11.3 Å². The summed E-state index contributed by atoms with van der Waals surface area (Å²) in [5.41, 5.74) is 1.09. The van der Waals surface area contributed by atoms with Crippen LogP contribution in [0.15, 0.2) is 4.99 Å². The SMILES string of the molecule is CN=C(NCc1sc(C)nc1C)NCc1nnc2n1CCCCC2. The van der Waals surface area contributed by atoms with Gasteiger partial charge in [0, 0.05) is 24.9 Å². The third kappa shape index (κ3) is 3.92. The van der Waals surface area contributed by atoms with Gasteiger partial charge in [-0.15, -0.1) is 21.5 Å². The smallest absolute Gasteiger partial charge is 0.191 e.